The van der Waals surface area contributed by atoms with Gasteiger partial charge < -0.3 is 14.2 Å². The van der Waals surface area contributed by atoms with Crippen LogP contribution in [-0.4, -0.2) is 49.9 Å². The van der Waals surface area contributed by atoms with E-state index in [1.807, 2.05) is 19.1 Å². The normalized spacial score (nSPS) is 17.6. The topological polar surface area (TPSA) is 71.8 Å². The summed E-state index contributed by atoms with van der Waals surface area (Å²) in [5, 5.41) is 0. The van der Waals surface area contributed by atoms with Gasteiger partial charge >= 0.3 is 0 Å². The molecule has 1 aromatic heterocycles. The first-order valence-corrected chi connectivity index (χ1v) is 11.9. The van der Waals surface area contributed by atoms with Crippen LogP contribution in [0.5, 0.6) is 5.75 Å². The number of carbonyl (C=O) groups is 1. The molecule has 7 nitrogen and oxygen atoms in total. The van der Waals surface area contributed by atoms with Crippen molar-refractivity contribution in [2.24, 2.45) is 7.05 Å². The molecular formula is C22H29N3O4S. The second kappa shape index (κ2) is 8.07. The molecule has 0 radical (unpaired) electrons. The second-order valence-electron chi connectivity index (χ2n) is 8.11. The number of sulfonamides is 1. The number of rotatable bonds is 4. The summed E-state index contributed by atoms with van der Waals surface area (Å²) in [6, 6.07) is 5.41. The van der Waals surface area contributed by atoms with Gasteiger partial charge in [-0.3, -0.25) is 4.79 Å². The van der Waals surface area contributed by atoms with Gasteiger partial charge in [-0.2, -0.15) is 4.31 Å². The summed E-state index contributed by atoms with van der Waals surface area (Å²) in [5.74, 6) is 0.460. The van der Waals surface area contributed by atoms with Gasteiger partial charge in [-0.05, 0) is 55.9 Å². The highest BCUT2D eigenvalue weighted by molar-refractivity contribution is 7.89. The molecule has 4 rings (SSSR count). The average Bonchev–Trinajstić information content (AvgIpc) is 3.16. The van der Waals surface area contributed by atoms with Gasteiger partial charge in [0.1, 0.15) is 16.3 Å². The van der Waals surface area contributed by atoms with Crippen LogP contribution in [0.3, 0.4) is 0 Å². The SMILES string of the molecule is COc1ccc(C)c2c1N(C(=O)c1cc(S(=O)(=O)N3CCCCC3)cn1C)CCC2. The van der Waals surface area contributed by atoms with E-state index in [1.54, 1.807) is 29.8 Å². The van der Waals surface area contributed by atoms with Crippen molar-refractivity contribution in [1.82, 2.24) is 8.87 Å². The smallest absolute Gasteiger partial charge is 0.275 e. The maximum atomic E-state index is 13.5. The molecule has 30 heavy (non-hydrogen) atoms. The van der Waals surface area contributed by atoms with Crippen LogP contribution in [0, 0.1) is 6.92 Å². The summed E-state index contributed by atoms with van der Waals surface area (Å²) in [4.78, 5) is 15.4. The van der Waals surface area contributed by atoms with Crippen LogP contribution >= 0.6 is 0 Å². The zero-order chi connectivity index (χ0) is 21.5. The number of hydrogen-bond donors (Lipinski definition) is 0. The lowest BCUT2D eigenvalue weighted by Crippen LogP contribution is -2.37. The van der Waals surface area contributed by atoms with Crippen LogP contribution < -0.4 is 9.64 Å². The maximum Gasteiger partial charge on any atom is 0.275 e. The summed E-state index contributed by atoms with van der Waals surface area (Å²) in [7, 11) is -0.263. The van der Waals surface area contributed by atoms with Crippen LogP contribution in [0.1, 0.15) is 47.3 Å². The number of ether oxygens (including phenoxy) is 1. The molecule has 2 aromatic rings. The Morgan fingerprint density at radius 2 is 1.80 bits per heavy atom. The van der Waals surface area contributed by atoms with Crippen molar-refractivity contribution < 1.29 is 17.9 Å². The first-order valence-electron chi connectivity index (χ1n) is 10.5. The first kappa shape index (κ1) is 20.9. The number of benzene rings is 1. The highest BCUT2D eigenvalue weighted by Gasteiger charge is 2.32. The molecule has 0 spiro atoms. The molecule has 0 atom stereocenters. The van der Waals surface area contributed by atoms with Crippen LogP contribution in [-0.2, 0) is 23.5 Å². The fraction of sp³-hybridized carbons (Fsp3) is 0.500. The third-order valence-electron chi connectivity index (χ3n) is 6.18. The fourth-order valence-electron chi connectivity index (χ4n) is 4.50. The lowest BCUT2D eigenvalue weighted by Gasteiger charge is -2.32. The molecule has 8 heteroatoms. The monoisotopic (exact) mass is 431 g/mol. The Morgan fingerprint density at radius 1 is 1.07 bits per heavy atom. The molecular weight excluding hydrogens is 402 g/mol. The summed E-state index contributed by atoms with van der Waals surface area (Å²) < 4.78 is 34.8. The Hall–Kier alpha value is -2.32. The van der Waals surface area contributed by atoms with Gasteiger partial charge in [-0.1, -0.05) is 12.5 Å². The van der Waals surface area contributed by atoms with Gasteiger partial charge in [0.05, 0.1) is 12.8 Å². The van der Waals surface area contributed by atoms with E-state index in [-0.39, 0.29) is 10.8 Å². The lowest BCUT2D eigenvalue weighted by molar-refractivity contribution is 0.0976. The molecule has 1 saturated heterocycles. The van der Waals surface area contributed by atoms with Crippen molar-refractivity contribution >= 4 is 21.6 Å². The predicted molar refractivity (Wildman–Crippen MR) is 116 cm³/mol. The molecule has 0 saturated carbocycles. The minimum absolute atomic E-state index is 0.184. The molecule has 0 unspecified atom stereocenters. The summed E-state index contributed by atoms with van der Waals surface area (Å²) in [6.07, 6.45) is 6.11. The zero-order valence-electron chi connectivity index (χ0n) is 17.8. The minimum Gasteiger partial charge on any atom is -0.495 e. The highest BCUT2D eigenvalue weighted by Crippen LogP contribution is 2.39. The molecule has 3 heterocycles. The van der Waals surface area contributed by atoms with Crippen molar-refractivity contribution in [2.45, 2.75) is 43.9 Å². The number of aromatic nitrogens is 1. The van der Waals surface area contributed by atoms with E-state index < -0.39 is 10.0 Å². The van der Waals surface area contributed by atoms with Crippen LogP contribution in [0.4, 0.5) is 5.69 Å². The van der Waals surface area contributed by atoms with Gasteiger partial charge in [0.25, 0.3) is 5.91 Å². The quantitative estimate of drug-likeness (QED) is 0.746. The molecule has 1 amide bonds. The molecule has 1 aromatic carbocycles. The standard InChI is InChI=1S/C22H29N3O4S/c1-16-9-10-20(29-3)21-18(16)8-7-13-25(21)22(26)19-14-17(15-23(19)2)30(27,28)24-11-5-4-6-12-24/h9-10,14-15H,4-8,11-13H2,1-3H3. The first-order chi connectivity index (χ1) is 14.3. The lowest BCUT2D eigenvalue weighted by atomic mass is 9.96. The van der Waals surface area contributed by atoms with Crippen LogP contribution in [0.2, 0.25) is 0 Å². The van der Waals surface area contributed by atoms with Crippen molar-refractivity contribution in [3.8, 4) is 5.75 Å². The van der Waals surface area contributed by atoms with Crippen molar-refractivity contribution in [2.75, 3.05) is 31.6 Å². The largest absolute Gasteiger partial charge is 0.495 e. The van der Waals surface area contributed by atoms with Crippen LogP contribution in [0.25, 0.3) is 0 Å². The van der Waals surface area contributed by atoms with Crippen LogP contribution in [0.15, 0.2) is 29.3 Å². The number of carbonyl (C=O) groups excluding carboxylic acids is 1. The van der Waals surface area contributed by atoms with E-state index in [0.717, 1.165) is 48.9 Å². The van der Waals surface area contributed by atoms with Gasteiger partial charge in [-0.15, -0.1) is 0 Å². The Balaban J connectivity index is 1.70. The number of methoxy groups -OCH3 is 1. The van der Waals surface area contributed by atoms with E-state index in [2.05, 4.69) is 0 Å². The van der Waals surface area contributed by atoms with Crippen molar-refractivity contribution in [1.29, 1.82) is 0 Å². The van der Waals surface area contributed by atoms with E-state index >= 15 is 0 Å². The number of fused-ring (bicyclic) bond motifs is 1. The Morgan fingerprint density at radius 3 is 2.50 bits per heavy atom. The van der Waals surface area contributed by atoms with E-state index in [1.165, 1.54) is 10.4 Å². The van der Waals surface area contributed by atoms with E-state index in [0.29, 0.717) is 31.1 Å². The molecule has 0 bridgehead atoms. The van der Waals surface area contributed by atoms with Crippen molar-refractivity contribution in [3.05, 3.63) is 41.2 Å². The number of nitrogens with zero attached hydrogens (tertiary/aromatic N) is 3. The Kier molecular flexibility index (Phi) is 5.63. The molecule has 1 fully saturated rings. The zero-order valence-corrected chi connectivity index (χ0v) is 18.7. The van der Waals surface area contributed by atoms with Gasteiger partial charge in [0.2, 0.25) is 10.0 Å². The Labute approximate surface area is 178 Å². The highest BCUT2D eigenvalue weighted by atomic mass is 32.2. The van der Waals surface area contributed by atoms with E-state index in [9.17, 15) is 13.2 Å². The molecule has 0 N–H and O–H groups in total. The molecule has 2 aliphatic heterocycles. The van der Waals surface area contributed by atoms with Gasteiger partial charge in [-0.25, -0.2) is 8.42 Å². The average molecular weight is 432 g/mol. The fourth-order valence-corrected chi connectivity index (χ4v) is 6.09. The molecule has 162 valence electrons. The number of anilines is 1. The number of hydrogen-bond acceptors (Lipinski definition) is 4. The second-order valence-corrected chi connectivity index (χ2v) is 10.0. The predicted octanol–water partition coefficient (Wildman–Crippen LogP) is 3.11. The summed E-state index contributed by atoms with van der Waals surface area (Å²) >= 11 is 0. The third-order valence-corrected chi connectivity index (χ3v) is 8.04. The summed E-state index contributed by atoms with van der Waals surface area (Å²) in [6.45, 7) is 3.69. The van der Waals surface area contributed by atoms with Gasteiger partial charge in [0.15, 0.2) is 0 Å². The minimum atomic E-state index is -3.59. The maximum absolute atomic E-state index is 13.5. The summed E-state index contributed by atoms with van der Waals surface area (Å²) in [5.41, 5.74) is 3.41. The number of amides is 1. The number of aryl methyl sites for hydroxylation is 2. The third kappa shape index (κ3) is 3.52. The van der Waals surface area contributed by atoms with Crippen molar-refractivity contribution in [3.63, 3.8) is 0 Å². The number of piperidine rings is 1. The molecule has 0 aliphatic carbocycles. The van der Waals surface area contributed by atoms with E-state index in [4.69, 9.17) is 4.74 Å². The Bertz CT molecular complexity index is 1070. The molecule has 2 aliphatic rings. The van der Waals surface area contributed by atoms with Gasteiger partial charge in [0, 0.05) is 32.9 Å².